The number of rotatable bonds is 2. The number of aromatic nitrogens is 3. The van der Waals surface area contributed by atoms with Gasteiger partial charge in [-0.25, -0.2) is 4.98 Å². The number of para-hydroxylation sites is 5. The highest BCUT2D eigenvalue weighted by Crippen LogP contribution is 2.45. The Kier molecular flexibility index (Phi) is 4.59. The van der Waals surface area contributed by atoms with Crippen LogP contribution in [0, 0.1) is 0 Å². The summed E-state index contributed by atoms with van der Waals surface area (Å²) in [5, 5.41) is 11.1. The van der Waals surface area contributed by atoms with E-state index in [9.17, 15) is 0 Å². The molecule has 0 fully saturated rings. The molecule has 6 heterocycles. The van der Waals surface area contributed by atoms with Crippen LogP contribution in [0.5, 0.6) is 0 Å². The van der Waals surface area contributed by atoms with Gasteiger partial charge < -0.3 is 13.2 Å². The Morgan fingerprint density at radius 1 is 0.392 bits per heavy atom. The minimum absolute atomic E-state index is 0.793. The van der Waals surface area contributed by atoms with E-state index in [1.807, 2.05) is 0 Å². The van der Waals surface area contributed by atoms with Gasteiger partial charge in [-0.15, -0.1) is 0 Å². The van der Waals surface area contributed by atoms with Crippen LogP contribution in [0.4, 0.5) is 0 Å². The second-order valence-electron chi connectivity index (χ2n) is 13.9. The first-order chi connectivity index (χ1) is 25.3. The molecular weight excluding hydrogens is 623 g/mol. The quantitative estimate of drug-likeness (QED) is 0.187. The van der Waals surface area contributed by atoms with Gasteiger partial charge in [0.15, 0.2) is 5.58 Å². The summed E-state index contributed by atoms with van der Waals surface area (Å²) in [5.41, 5.74) is 14.3. The zero-order valence-electron chi connectivity index (χ0n) is 27.2. The Morgan fingerprint density at radius 3 is 1.35 bits per heavy atom. The molecule has 0 saturated heterocycles. The molecule has 0 radical (unpaired) electrons. The van der Waals surface area contributed by atoms with Crippen LogP contribution in [0.25, 0.3) is 121 Å². The van der Waals surface area contributed by atoms with Gasteiger partial charge in [0.1, 0.15) is 11.1 Å². The summed E-state index contributed by atoms with van der Waals surface area (Å²) in [6, 6.07) is 54.9. The molecule has 6 aromatic heterocycles. The molecule has 0 saturated carbocycles. The van der Waals surface area contributed by atoms with E-state index in [0.717, 1.165) is 44.5 Å². The van der Waals surface area contributed by atoms with Crippen molar-refractivity contribution in [1.82, 2.24) is 13.8 Å². The lowest BCUT2D eigenvalue weighted by molar-refractivity contribution is 0.669. The van der Waals surface area contributed by atoms with Crippen LogP contribution in [0.2, 0.25) is 0 Å². The highest BCUT2D eigenvalue weighted by Gasteiger charge is 2.22. The molecule has 0 aliphatic heterocycles. The third-order valence-electron chi connectivity index (χ3n) is 11.4. The summed E-state index contributed by atoms with van der Waals surface area (Å²) in [6.45, 7) is 0. The lowest BCUT2D eigenvalue weighted by Crippen LogP contribution is -1.85. The number of hydrogen-bond acceptors (Lipinski definition) is 2. The predicted octanol–water partition coefficient (Wildman–Crippen LogP) is 12.6. The van der Waals surface area contributed by atoms with Gasteiger partial charge >= 0.3 is 0 Å². The zero-order chi connectivity index (χ0) is 32.9. The van der Waals surface area contributed by atoms with Crippen molar-refractivity contribution in [3.8, 4) is 22.4 Å². The molecule has 0 amide bonds. The molecule has 4 nitrogen and oxygen atoms in total. The number of benzene rings is 7. The Hall–Kier alpha value is -6.91. The fourth-order valence-corrected chi connectivity index (χ4v) is 9.26. The summed E-state index contributed by atoms with van der Waals surface area (Å²) < 4.78 is 11.6. The van der Waals surface area contributed by atoms with Gasteiger partial charge in [-0.05, 0) is 72.3 Å². The molecule has 234 valence electrons. The first-order valence-corrected chi connectivity index (χ1v) is 17.5. The molecule has 51 heavy (non-hydrogen) atoms. The van der Waals surface area contributed by atoms with E-state index >= 15 is 0 Å². The Morgan fingerprint density at radius 2 is 0.843 bits per heavy atom. The molecule has 0 bridgehead atoms. The van der Waals surface area contributed by atoms with Gasteiger partial charge in [-0.2, -0.15) is 0 Å². The van der Waals surface area contributed by atoms with Crippen molar-refractivity contribution in [2.24, 2.45) is 0 Å². The van der Waals surface area contributed by atoms with E-state index in [1.165, 1.54) is 76.2 Å². The fourth-order valence-electron chi connectivity index (χ4n) is 9.26. The number of pyridine rings is 1. The monoisotopic (exact) mass is 647 g/mol. The van der Waals surface area contributed by atoms with Crippen LogP contribution in [0.1, 0.15) is 0 Å². The number of furan rings is 1. The van der Waals surface area contributed by atoms with Crippen LogP contribution in [0.15, 0.2) is 156 Å². The molecule has 4 heteroatoms. The van der Waals surface area contributed by atoms with E-state index in [2.05, 4.69) is 160 Å². The van der Waals surface area contributed by atoms with Crippen LogP contribution >= 0.6 is 0 Å². The van der Waals surface area contributed by atoms with Crippen LogP contribution in [0.3, 0.4) is 0 Å². The van der Waals surface area contributed by atoms with Crippen molar-refractivity contribution in [3.05, 3.63) is 152 Å². The van der Waals surface area contributed by atoms with E-state index in [1.54, 1.807) is 0 Å². The average molecular weight is 648 g/mol. The highest BCUT2D eigenvalue weighted by atomic mass is 16.3. The minimum atomic E-state index is 0.793. The number of nitrogens with zero attached hydrogens (tertiary/aromatic N) is 3. The maximum absolute atomic E-state index is 6.71. The highest BCUT2D eigenvalue weighted by molar-refractivity contribution is 6.26. The Bertz CT molecular complexity index is 3430. The van der Waals surface area contributed by atoms with Crippen LogP contribution in [-0.2, 0) is 0 Å². The van der Waals surface area contributed by atoms with E-state index in [0.29, 0.717) is 0 Å². The molecule has 7 aromatic carbocycles. The van der Waals surface area contributed by atoms with Gasteiger partial charge in [0.05, 0.1) is 38.8 Å². The van der Waals surface area contributed by atoms with E-state index in [4.69, 9.17) is 9.40 Å². The Balaban J connectivity index is 1.05. The number of fused-ring (bicyclic) bond motifs is 15. The van der Waals surface area contributed by atoms with Crippen molar-refractivity contribution < 1.29 is 4.42 Å². The summed E-state index contributed by atoms with van der Waals surface area (Å²) in [7, 11) is 0. The second-order valence-corrected chi connectivity index (χ2v) is 13.9. The molecule has 0 unspecified atom stereocenters. The molecule has 0 atom stereocenters. The van der Waals surface area contributed by atoms with Crippen molar-refractivity contribution >= 4 is 98.3 Å². The smallest absolute Gasteiger partial charge is 0.153 e. The largest absolute Gasteiger partial charge is 0.454 e. The maximum Gasteiger partial charge on any atom is 0.153 e. The topological polar surface area (TPSA) is 34.9 Å². The fraction of sp³-hybridized carbons (Fsp3) is 0. The van der Waals surface area contributed by atoms with Gasteiger partial charge in [0, 0.05) is 59.6 Å². The zero-order valence-corrected chi connectivity index (χ0v) is 27.2. The summed E-state index contributed by atoms with van der Waals surface area (Å²) >= 11 is 0. The SMILES string of the molecule is c1cc(-c2cc3c4ccccc4n4c5ccccc5c(c2)c34)c2oc3ccc(-c4cc5c6ccccc6n6c7ccccc7c(c4)c56)nc3c2c1. The molecular formula is C47H25N3O. The molecule has 0 spiro atoms. The van der Waals surface area contributed by atoms with Crippen molar-refractivity contribution in [2.45, 2.75) is 0 Å². The second kappa shape index (κ2) is 9.00. The van der Waals surface area contributed by atoms with Crippen LogP contribution in [-0.4, -0.2) is 13.8 Å². The van der Waals surface area contributed by atoms with Crippen molar-refractivity contribution in [2.75, 3.05) is 0 Å². The molecule has 13 rings (SSSR count). The molecule has 13 aromatic rings. The van der Waals surface area contributed by atoms with E-state index < -0.39 is 0 Å². The number of hydrogen-bond donors (Lipinski definition) is 0. The lowest BCUT2D eigenvalue weighted by Gasteiger charge is -2.05. The first kappa shape index (κ1) is 26.0. The summed E-state index contributed by atoms with van der Waals surface area (Å²) in [6.07, 6.45) is 0. The van der Waals surface area contributed by atoms with Crippen molar-refractivity contribution in [3.63, 3.8) is 0 Å². The van der Waals surface area contributed by atoms with Gasteiger partial charge in [0.25, 0.3) is 0 Å². The van der Waals surface area contributed by atoms with E-state index in [-0.39, 0.29) is 0 Å². The third kappa shape index (κ3) is 3.15. The lowest BCUT2D eigenvalue weighted by atomic mass is 9.98. The van der Waals surface area contributed by atoms with Gasteiger partial charge in [-0.1, -0.05) is 84.9 Å². The molecule has 0 N–H and O–H groups in total. The van der Waals surface area contributed by atoms with Gasteiger partial charge in [0.2, 0.25) is 0 Å². The summed E-state index contributed by atoms with van der Waals surface area (Å²) in [5.74, 6) is 0. The average Bonchev–Trinajstić information content (AvgIpc) is 3.98. The third-order valence-corrected chi connectivity index (χ3v) is 11.4. The van der Waals surface area contributed by atoms with Gasteiger partial charge in [-0.3, -0.25) is 0 Å². The minimum Gasteiger partial charge on any atom is -0.454 e. The predicted molar refractivity (Wildman–Crippen MR) is 212 cm³/mol. The normalized spacial score (nSPS) is 12.7. The molecule has 0 aliphatic rings. The van der Waals surface area contributed by atoms with Crippen molar-refractivity contribution in [1.29, 1.82) is 0 Å². The Labute approximate surface area is 289 Å². The summed E-state index contributed by atoms with van der Waals surface area (Å²) in [4.78, 5) is 5.34. The standard InChI is InChI=1S/C47H25N3O/c1-5-16-39-29(10-1)34-22-26(23-35-30-11-2-6-17-40(30)49(39)45(34)35)28-14-9-15-33-44-43(51-47(28)33)21-20-38(48-44)27-24-36-31-12-3-7-18-41(31)50-42-19-8-4-13-32(42)37(25-27)46(36)50/h1-25H. The van der Waals surface area contributed by atoms with Crippen LogP contribution < -0.4 is 0 Å². The maximum atomic E-state index is 6.71. The first-order valence-electron chi connectivity index (χ1n) is 17.5. The molecule has 0 aliphatic carbocycles.